The molecule has 1 atom stereocenters. The van der Waals surface area contributed by atoms with Crippen LogP contribution in [0.1, 0.15) is 42.9 Å². The van der Waals surface area contributed by atoms with Crippen molar-refractivity contribution < 1.29 is 12.8 Å². The van der Waals surface area contributed by atoms with Gasteiger partial charge in [-0.15, -0.1) is 0 Å². The molecule has 1 fully saturated rings. The highest BCUT2D eigenvalue weighted by atomic mass is 35.5. The maximum atomic E-state index is 13.8. The SMILES string of the molecule is CC(CC1CC1)N(c1cc2c(cc1Cl)C(c1ccc(F)cc1Cl)=NCc1cc(=O)n(C)cc1-2)[SH](=O)=O. The van der Waals surface area contributed by atoms with Crippen molar-refractivity contribution in [2.75, 3.05) is 4.31 Å². The largest absolute Gasteiger partial charge is 0.318 e. The monoisotopic (exact) mass is 547 g/mol. The van der Waals surface area contributed by atoms with Gasteiger partial charge in [-0.05, 0) is 60.7 Å². The molecule has 2 aromatic carbocycles. The average molecular weight is 548 g/mol. The Labute approximate surface area is 220 Å². The van der Waals surface area contributed by atoms with Gasteiger partial charge in [-0.2, -0.15) is 0 Å². The fourth-order valence-corrected chi connectivity index (χ4v) is 6.11. The summed E-state index contributed by atoms with van der Waals surface area (Å²) in [5.74, 6) is 0.0454. The van der Waals surface area contributed by atoms with E-state index in [2.05, 4.69) is 0 Å². The molecule has 1 aliphatic carbocycles. The third-order valence-corrected chi connectivity index (χ3v) is 8.33. The molecule has 0 radical (unpaired) electrons. The van der Waals surface area contributed by atoms with E-state index in [9.17, 15) is 17.6 Å². The Balaban J connectivity index is 1.76. The molecule has 3 aromatic rings. The van der Waals surface area contributed by atoms with Gasteiger partial charge in [0.15, 0.2) is 0 Å². The van der Waals surface area contributed by atoms with Crippen molar-refractivity contribution in [2.24, 2.45) is 18.0 Å². The van der Waals surface area contributed by atoms with Crippen LogP contribution in [-0.4, -0.2) is 24.7 Å². The fraction of sp³-hybridized carbons (Fsp3) is 0.308. The van der Waals surface area contributed by atoms with Gasteiger partial charge in [0, 0.05) is 42.0 Å². The van der Waals surface area contributed by atoms with Gasteiger partial charge in [0.2, 0.25) is 10.9 Å². The van der Waals surface area contributed by atoms with E-state index in [4.69, 9.17) is 28.2 Å². The number of hydrogen-bond donors (Lipinski definition) is 1. The maximum absolute atomic E-state index is 13.8. The molecule has 188 valence electrons. The lowest BCUT2D eigenvalue weighted by Gasteiger charge is -2.27. The van der Waals surface area contributed by atoms with E-state index >= 15 is 0 Å². The number of rotatable bonds is 6. The molecule has 2 aliphatic rings. The van der Waals surface area contributed by atoms with Crippen LogP contribution in [-0.2, 0) is 24.5 Å². The van der Waals surface area contributed by atoms with Gasteiger partial charge < -0.3 is 4.57 Å². The number of thiol groups is 1. The summed E-state index contributed by atoms with van der Waals surface area (Å²) in [6, 6.07) is 8.75. The van der Waals surface area contributed by atoms with Gasteiger partial charge in [-0.1, -0.05) is 36.0 Å². The number of aromatic nitrogens is 1. The van der Waals surface area contributed by atoms with Crippen molar-refractivity contribution >= 4 is 45.5 Å². The van der Waals surface area contributed by atoms with E-state index in [0.717, 1.165) is 24.8 Å². The van der Waals surface area contributed by atoms with Crippen molar-refractivity contribution in [3.05, 3.63) is 85.5 Å². The number of aliphatic imine (C=N–C) groups is 1. The number of hydrogen-bond acceptors (Lipinski definition) is 4. The lowest BCUT2D eigenvalue weighted by molar-refractivity contribution is 0.573. The fourth-order valence-electron chi connectivity index (χ4n) is 4.78. The molecule has 1 aliphatic heterocycles. The third kappa shape index (κ3) is 4.69. The second-order valence-corrected chi connectivity index (χ2v) is 11.1. The topological polar surface area (TPSA) is 71.7 Å². The minimum absolute atomic E-state index is 0.184. The van der Waals surface area contributed by atoms with E-state index in [1.165, 1.54) is 27.1 Å². The molecule has 0 N–H and O–H groups in total. The van der Waals surface area contributed by atoms with Crippen molar-refractivity contribution in [2.45, 2.75) is 38.8 Å². The molecule has 1 unspecified atom stereocenters. The molecule has 0 bridgehead atoms. The lowest BCUT2D eigenvalue weighted by atomic mass is 9.92. The molecule has 1 saturated carbocycles. The Kier molecular flexibility index (Phi) is 6.70. The Bertz CT molecular complexity index is 1540. The van der Waals surface area contributed by atoms with E-state index in [0.29, 0.717) is 39.6 Å². The van der Waals surface area contributed by atoms with Crippen LogP contribution in [0.2, 0.25) is 10.0 Å². The van der Waals surface area contributed by atoms with Crippen LogP contribution in [0.5, 0.6) is 0 Å². The smallest absolute Gasteiger partial charge is 0.250 e. The highest BCUT2D eigenvalue weighted by molar-refractivity contribution is 7.74. The summed E-state index contributed by atoms with van der Waals surface area (Å²) in [7, 11) is -1.31. The third-order valence-electron chi connectivity index (χ3n) is 6.75. The highest BCUT2D eigenvalue weighted by Crippen LogP contribution is 2.42. The number of halogens is 3. The zero-order valence-corrected chi connectivity index (χ0v) is 22.1. The first-order valence-electron chi connectivity index (χ1n) is 11.6. The molecule has 36 heavy (non-hydrogen) atoms. The first kappa shape index (κ1) is 25.0. The molecule has 0 spiro atoms. The van der Waals surface area contributed by atoms with Crippen molar-refractivity contribution in [3.63, 3.8) is 0 Å². The van der Waals surface area contributed by atoms with Gasteiger partial charge in [-0.25, -0.2) is 12.8 Å². The predicted octanol–water partition coefficient (Wildman–Crippen LogP) is 5.37. The van der Waals surface area contributed by atoms with Crippen molar-refractivity contribution in [3.8, 4) is 11.1 Å². The van der Waals surface area contributed by atoms with E-state index in [-0.39, 0.29) is 28.2 Å². The summed E-state index contributed by atoms with van der Waals surface area (Å²) in [4.78, 5) is 17.2. The molecule has 0 saturated heterocycles. The molecule has 5 rings (SSSR count). The van der Waals surface area contributed by atoms with Gasteiger partial charge in [0.05, 0.1) is 28.0 Å². The molecule has 6 nitrogen and oxygen atoms in total. The summed E-state index contributed by atoms with van der Waals surface area (Å²) < 4.78 is 41.5. The molecule has 10 heteroatoms. The summed E-state index contributed by atoms with van der Waals surface area (Å²) >= 11 is 13.1. The number of benzene rings is 2. The highest BCUT2D eigenvalue weighted by Gasteiger charge is 2.30. The van der Waals surface area contributed by atoms with Crippen LogP contribution >= 0.6 is 23.2 Å². The van der Waals surface area contributed by atoms with Crippen LogP contribution < -0.4 is 9.86 Å². The maximum Gasteiger partial charge on any atom is 0.250 e. The van der Waals surface area contributed by atoms with E-state index in [1.807, 2.05) is 6.92 Å². The summed E-state index contributed by atoms with van der Waals surface area (Å²) in [6.07, 6.45) is 4.67. The van der Waals surface area contributed by atoms with Gasteiger partial charge in [-0.3, -0.25) is 14.1 Å². The van der Waals surface area contributed by atoms with E-state index in [1.54, 1.807) is 31.4 Å². The Hall–Kier alpha value is -2.68. The molecular weight excluding hydrogens is 524 g/mol. The quantitative estimate of drug-likeness (QED) is 0.421. The minimum Gasteiger partial charge on any atom is -0.318 e. The van der Waals surface area contributed by atoms with Crippen LogP contribution in [0.3, 0.4) is 0 Å². The number of anilines is 1. The first-order chi connectivity index (χ1) is 17.1. The molecule has 2 heterocycles. The predicted molar refractivity (Wildman–Crippen MR) is 142 cm³/mol. The zero-order chi connectivity index (χ0) is 25.7. The normalized spacial score (nSPS) is 15.7. The number of pyridine rings is 1. The average Bonchev–Trinajstić information content (AvgIpc) is 3.63. The molecule has 1 aromatic heterocycles. The summed E-state index contributed by atoms with van der Waals surface area (Å²) in [5.41, 5.74) is 3.87. The number of aryl methyl sites for hydroxylation is 1. The standard InChI is InChI=1S/C26H24Cl2FN3O3S/c1-14(7-15-3-4-15)32(36(34)35)24-11-19-20(10-23(24)28)26(18-6-5-17(29)9-22(18)27)30-12-16-8-25(33)31(2)13-21(16)19/h5-6,8-11,13-15,36H,3-4,7,12H2,1-2H3. The van der Waals surface area contributed by atoms with Gasteiger partial charge in [0.25, 0.3) is 5.56 Å². The second-order valence-electron chi connectivity index (χ2n) is 9.41. The van der Waals surface area contributed by atoms with Crippen LogP contribution in [0.15, 0.2) is 52.4 Å². The molecular formula is C26H24Cl2FN3O3S. The minimum atomic E-state index is -2.96. The second kappa shape index (κ2) is 9.65. The van der Waals surface area contributed by atoms with Crippen LogP contribution in [0, 0.1) is 11.7 Å². The van der Waals surface area contributed by atoms with E-state index < -0.39 is 16.7 Å². The Morgan fingerprint density at radius 1 is 1.08 bits per heavy atom. The van der Waals surface area contributed by atoms with Gasteiger partial charge in [0.1, 0.15) is 5.82 Å². The molecule has 0 amide bonds. The van der Waals surface area contributed by atoms with Crippen LogP contribution in [0.25, 0.3) is 11.1 Å². The first-order valence-corrected chi connectivity index (χ1v) is 13.5. The number of fused-ring (bicyclic) bond motifs is 3. The van der Waals surface area contributed by atoms with Crippen LogP contribution in [0.4, 0.5) is 10.1 Å². The van der Waals surface area contributed by atoms with Crippen molar-refractivity contribution in [1.29, 1.82) is 0 Å². The summed E-state index contributed by atoms with van der Waals surface area (Å²) in [5, 5.41) is 0.429. The lowest BCUT2D eigenvalue weighted by Crippen LogP contribution is -2.32. The summed E-state index contributed by atoms with van der Waals surface area (Å²) in [6.45, 7) is 2.07. The Morgan fingerprint density at radius 3 is 2.50 bits per heavy atom. The zero-order valence-electron chi connectivity index (χ0n) is 19.7. The van der Waals surface area contributed by atoms with Crippen molar-refractivity contribution in [1.82, 2.24) is 4.57 Å². The Morgan fingerprint density at radius 2 is 1.83 bits per heavy atom. The van der Waals surface area contributed by atoms with Gasteiger partial charge >= 0.3 is 0 Å². The number of nitrogens with zero attached hydrogens (tertiary/aromatic N) is 3.